The highest BCUT2D eigenvalue weighted by Gasteiger charge is 2.35. The van der Waals surface area contributed by atoms with E-state index >= 15 is 0 Å². The summed E-state index contributed by atoms with van der Waals surface area (Å²) in [5.74, 6) is 0.262. The zero-order chi connectivity index (χ0) is 20.5. The summed E-state index contributed by atoms with van der Waals surface area (Å²) in [6.45, 7) is 5.81. The summed E-state index contributed by atoms with van der Waals surface area (Å²) >= 11 is 5.28. The van der Waals surface area contributed by atoms with E-state index in [1.54, 1.807) is 6.07 Å². The first-order valence-corrected chi connectivity index (χ1v) is 10.2. The van der Waals surface area contributed by atoms with Gasteiger partial charge < -0.3 is 9.32 Å². The summed E-state index contributed by atoms with van der Waals surface area (Å²) < 4.78 is 5.90. The number of piperidine rings is 1. The van der Waals surface area contributed by atoms with E-state index in [0.29, 0.717) is 11.4 Å². The lowest BCUT2D eigenvalue weighted by atomic mass is 10.1. The first-order valence-electron chi connectivity index (χ1n) is 9.77. The lowest BCUT2D eigenvalue weighted by Crippen LogP contribution is -2.54. The van der Waals surface area contributed by atoms with Crippen molar-refractivity contribution in [2.75, 3.05) is 22.9 Å². The molecule has 2 aliphatic rings. The van der Waals surface area contributed by atoms with Crippen molar-refractivity contribution in [2.45, 2.75) is 33.1 Å². The molecule has 2 fully saturated rings. The van der Waals surface area contributed by atoms with E-state index in [-0.39, 0.29) is 10.7 Å². The normalized spacial score (nSPS) is 19.1. The largest absolute Gasteiger partial charge is 0.441 e. The third-order valence-corrected chi connectivity index (χ3v) is 5.55. The number of amides is 2. The molecule has 0 unspecified atom stereocenters. The van der Waals surface area contributed by atoms with E-state index in [1.165, 1.54) is 17.4 Å². The molecule has 2 aromatic rings. The van der Waals surface area contributed by atoms with Crippen LogP contribution in [0.5, 0.6) is 0 Å². The van der Waals surface area contributed by atoms with E-state index < -0.39 is 11.8 Å². The first kappa shape index (κ1) is 19.4. The highest BCUT2D eigenvalue weighted by molar-refractivity contribution is 7.80. The van der Waals surface area contributed by atoms with Crippen LogP contribution in [0.4, 0.5) is 11.6 Å². The zero-order valence-electron chi connectivity index (χ0n) is 16.5. The minimum Gasteiger partial charge on any atom is -0.441 e. The Labute approximate surface area is 175 Å². The number of nitrogens with zero attached hydrogens (tertiary/aromatic N) is 2. The molecule has 150 valence electrons. The highest BCUT2D eigenvalue weighted by Crippen LogP contribution is 2.28. The van der Waals surface area contributed by atoms with Gasteiger partial charge in [0.05, 0.1) is 5.69 Å². The van der Waals surface area contributed by atoms with Gasteiger partial charge in [-0.25, -0.2) is 0 Å². The number of carbonyl (C=O) groups is 2. The standard InChI is InChI=1S/C22H23N3O3S/c1-14-6-8-18(15(2)12-14)25-21(27)17(20(26)23-22(25)29)13-16-7-9-19(28-16)24-10-4-3-5-11-24/h6-9,12-13H,3-5,10-11H2,1-2H3,(H,23,26,29)/b17-13+. The Balaban J connectivity index is 1.64. The van der Waals surface area contributed by atoms with E-state index in [1.807, 2.05) is 38.1 Å². The molecule has 6 nitrogen and oxygen atoms in total. The van der Waals surface area contributed by atoms with Gasteiger partial charge in [-0.1, -0.05) is 17.7 Å². The molecule has 29 heavy (non-hydrogen) atoms. The van der Waals surface area contributed by atoms with Crippen molar-refractivity contribution in [1.29, 1.82) is 0 Å². The summed E-state index contributed by atoms with van der Waals surface area (Å²) in [7, 11) is 0. The SMILES string of the molecule is Cc1ccc(N2C(=O)/C(=C/c3ccc(N4CCCCC4)o3)C(=O)NC2=S)c(C)c1. The molecule has 0 spiro atoms. The maximum Gasteiger partial charge on any atom is 0.270 e. The van der Waals surface area contributed by atoms with Crippen molar-refractivity contribution in [1.82, 2.24) is 5.32 Å². The minimum absolute atomic E-state index is 0.00174. The maximum absolute atomic E-state index is 13.2. The van der Waals surface area contributed by atoms with E-state index in [9.17, 15) is 9.59 Å². The predicted molar refractivity (Wildman–Crippen MR) is 117 cm³/mol. The minimum atomic E-state index is -0.517. The predicted octanol–water partition coefficient (Wildman–Crippen LogP) is 3.72. The van der Waals surface area contributed by atoms with Crippen LogP contribution in [0.2, 0.25) is 0 Å². The Kier molecular flexibility index (Phi) is 5.24. The molecule has 0 radical (unpaired) electrons. The zero-order valence-corrected chi connectivity index (χ0v) is 17.3. The van der Waals surface area contributed by atoms with Crippen LogP contribution in [0.3, 0.4) is 0 Å². The Morgan fingerprint density at radius 2 is 1.83 bits per heavy atom. The number of hydrogen-bond acceptors (Lipinski definition) is 5. The molecule has 2 amide bonds. The Bertz CT molecular complexity index is 1020. The van der Waals surface area contributed by atoms with Crippen molar-refractivity contribution in [3.63, 3.8) is 0 Å². The van der Waals surface area contributed by atoms with Crippen molar-refractivity contribution in [3.05, 3.63) is 52.8 Å². The van der Waals surface area contributed by atoms with Gasteiger partial charge in [-0.05, 0) is 69.1 Å². The number of rotatable bonds is 3. The highest BCUT2D eigenvalue weighted by atomic mass is 32.1. The van der Waals surface area contributed by atoms with Gasteiger partial charge in [0.15, 0.2) is 11.0 Å². The Morgan fingerprint density at radius 3 is 2.55 bits per heavy atom. The lowest BCUT2D eigenvalue weighted by Gasteiger charge is -2.30. The van der Waals surface area contributed by atoms with Crippen LogP contribution in [0, 0.1) is 13.8 Å². The van der Waals surface area contributed by atoms with Crippen molar-refractivity contribution in [2.24, 2.45) is 0 Å². The third kappa shape index (κ3) is 3.82. The van der Waals surface area contributed by atoms with Gasteiger partial charge in [0.2, 0.25) is 0 Å². The van der Waals surface area contributed by atoms with Crippen LogP contribution in [-0.4, -0.2) is 30.0 Å². The molecule has 3 heterocycles. The van der Waals surface area contributed by atoms with Crippen LogP contribution < -0.4 is 15.1 Å². The van der Waals surface area contributed by atoms with Crippen LogP contribution in [0.1, 0.15) is 36.1 Å². The maximum atomic E-state index is 13.2. The molecule has 2 saturated heterocycles. The monoisotopic (exact) mass is 409 g/mol. The number of anilines is 2. The second kappa shape index (κ2) is 7.83. The smallest absolute Gasteiger partial charge is 0.270 e. The van der Waals surface area contributed by atoms with Crippen LogP contribution in [0.25, 0.3) is 6.08 Å². The van der Waals surface area contributed by atoms with Gasteiger partial charge in [-0.2, -0.15) is 0 Å². The van der Waals surface area contributed by atoms with Gasteiger partial charge in [-0.3, -0.25) is 19.8 Å². The molecule has 1 N–H and O–H groups in total. The number of furan rings is 1. The third-order valence-electron chi connectivity index (χ3n) is 5.26. The molecule has 1 aromatic carbocycles. The number of benzene rings is 1. The topological polar surface area (TPSA) is 65.8 Å². The molecule has 2 aliphatic heterocycles. The number of thiocarbonyl (C=S) groups is 1. The van der Waals surface area contributed by atoms with Crippen molar-refractivity contribution >= 4 is 46.8 Å². The molecule has 0 atom stereocenters. The molecule has 4 rings (SSSR count). The molecular formula is C22H23N3O3S. The molecule has 7 heteroatoms. The summed E-state index contributed by atoms with van der Waals surface area (Å²) in [5, 5.41) is 2.70. The average Bonchev–Trinajstić information content (AvgIpc) is 3.16. The van der Waals surface area contributed by atoms with E-state index in [0.717, 1.165) is 42.9 Å². The van der Waals surface area contributed by atoms with Crippen LogP contribution in [0.15, 0.2) is 40.3 Å². The van der Waals surface area contributed by atoms with Crippen LogP contribution >= 0.6 is 12.2 Å². The fraction of sp³-hybridized carbons (Fsp3) is 0.318. The lowest BCUT2D eigenvalue weighted by molar-refractivity contribution is -0.122. The van der Waals surface area contributed by atoms with Gasteiger partial charge in [-0.15, -0.1) is 0 Å². The molecule has 0 aliphatic carbocycles. The Hall–Kier alpha value is -2.93. The van der Waals surface area contributed by atoms with Gasteiger partial charge >= 0.3 is 0 Å². The Morgan fingerprint density at radius 1 is 1.07 bits per heavy atom. The van der Waals surface area contributed by atoms with Gasteiger partial charge in [0.25, 0.3) is 11.8 Å². The summed E-state index contributed by atoms with van der Waals surface area (Å²) in [4.78, 5) is 29.2. The number of hydrogen-bond donors (Lipinski definition) is 1. The molecule has 0 bridgehead atoms. The quantitative estimate of drug-likeness (QED) is 0.476. The van der Waals surface area contributed by atoms with E-state index in [2.05, 4.69) is 10.2 Å². The molecule has 0 saturated carbocycles. The van der Waals surface area contributed by atoms with Crippen molar-refractivity contribution < 1.29 is 14.0 Å². The number of aryl methyl sites for hydroxylation is 2. The second-order valence-electron chi connectivity index (χ2n) is 7.47. The molecular weight excluding hydrogens is 386 g/mol. The van der Waals surface area contributed by atoms with Gasteiger partial charge in [0.1, 0.15) is 11.3 Å². The summed E-state index contributed by atoms with van der Waals surface area (Å²) in [6, 6.07) is 9.39. The van der Waals surface area contributed by atoms with Gasteiger partial charge in [0, 0.05) is 19.2 Å². The van der Waals surface area contributed by atoms with Crippen LogP contribution in [-0.2, 0) is 9.59 Å². The van der Waals surface area contributed by atoms with E-state index in [4.69, 9.17) is 16.6 Å². The van der Waals surface area contributed by atoms with Crippen molar-refractivity contribution in [3.8, 4) is 0 Å². The average molecular weight is 410 g/mol. The summed E-state index contributed by atoms with van der Waals surface area (Å²) in [5.41, 5.74) is 2.65. The summed E-state index contributed by atoms with van der Waals surface area (Å²) in [6.07, 6.45) is 5.00. The second-order valence-corrected chi connectivity index (χ2v) is 7.86. The fourth-order valence-corrected chi connectivity index (χ4v) is 4.05. The fourth-order valence-electron chi connectivity index (χ4n) is 3.78. The first-order chi connectivity index (χ1) is 13.9. The molecule has 1 aromatic heterocycles. The number of nitrogens with one attached hydrogen (secondary N) is 1. The number of carbonyl (C=O) groups excluding carboxylic acids is 2.